The highest BCUT2D eigenvalue weighted by molar-refractivity contribution is 6.03. The van der Waals surface area contributed by atoms with E-state index in [0.717, 1.165) is 5.56 Å². The van der Waals surface area contributed by atoms with Gasteiger partial charge in [0.05, 0.1) is 5.92 Å². The first-order valence-corrected chi connectivity index (χ1v) is 7.55. The van der Waals surface area contributed by atoms with Gasteiger partial charge in [0.1, 0.15) is 5.69 Å². The SMILES string of the molecule is CCc1c(C(=O)N2CCC(C(=O)O)C2C)[nH]c(C)c1C(C)=O. The molecular formula is C16H22N2O4. The summed E-state index contributed by atoms with van der Waals surface area (Å²) in [5.74, 6) is -1.69. The summed E-state index contributed by atoms with van der Waals surface area (Å²) in [5.41, 5.74) is 2.41. The number of carboxylic acid groups (broad SMARTS) is 1. The number of hydrogen-bond acceptors (Lipinski definition) is 3. The number of H-pyrrole nitrogens is 1. The van der Waals surface area contributed by atoms with E-state index in [0.29, 0.717) is 36.3 Å². The molecule has 1 aromatic rings. The van der Waals surface area contributed by atoms with E-state index in [9.17, 15) is 19.5 Å². The summed E-state index contributed by atoms with van der Waals surface area (Å²) < 4.78 is 0. The minimum atomic E-state index is -0.870. The van der Waals surface area contributed by atoms with E-state index < -0.39 is 11.9 Å². The molecule has 120 valence electrons. The number of carboxylic acids is 1. The smallest absolute Gasteiger partial charge is 0.308 e. The first-order chi connectivity index (χ1) is 10.3. The summed E-state index contributed by atoms with van der Waals surface area (Å²) in [6.45, 7) is 7.35. The summed E-state index contributed by atoms with van der Waals surface area (Å²) >= 11 is 0. The third-order valence-electron chi connectivity index (χ3n) is 4.54. The lowest BCUT2D eigenvalue weighted by Gasteiger charge is -2.23. The minimum absolute atomic E-state index is 0.0671. The molecule has 2 rings (SSSR count). The molecule has 6 nitrogen and oxygen atoms in total. The summed E-state index contributed by atoms with van der Waals surface area (Å²) in [4.78, 5) is 40.4. The average molecular weight is 306 g/mol. The normalized spacial score (nSPS) is 21.2. The average Bonchev–Trinajstić information content (AvgIpc) is 2.98. The number of carbonyl (C=O) groups is 3. The fourth-order valence-electron chi connectivity index (χ4n) is 3.39. The molecule has 0 radical (unpaired) electrons. The second kappa shape index (κ2) is 5.94. The van der Waals surface area contributed by atoms with Gasteiger partial charge in [0, 0.05) is 23.8 Å². The molecule has 0 bridgehead atoms. The van der Waals surface area contributed by atoms with Gasteiger partial charge in [0.2, 0.25) is 0 Å². The van der Waals surface area contributed by atoms with Gasteiger partial charge in [0.25, 0.3) is 5.91 Å². The molecule has 22 heavy (non-hydrogen) atoms. The van der Waals surface area contributed by atoms with E-state index in [-0.39, 0.29) is 17.7 Å². The monoisotopic (exact) mass is 306 g/mol. The van der Waals surface area contributed by atoms with E-state index in [4.69, 9.17) is 0 Å². The van der Waals surface area contributed by atoms with Crippen molar-refractivity contribution in [2.24, 2.45) is 5.92 Å². The van der Waals surface area contributed by atoms with Gasteiger partial charge in [-0.3, -0.25) is 14.4 Å². The second-order valence-corrected chi connectivity index (χ2v) is 5.86. The third kappa shape index (κ3) is 2.53. The molecule has 0 aromatic carbocycles. The van der Waals surface area contributed by atoms with Gasteiger partial charge >= 0.3 is 5.97 Å². The standard InChI is InChI=1S/C16H22N2O4/c1-5-11-13(10(4)19)8(2)17-14(11)15(20)18-7-6-12(9(18)3)16(21)22/h9,12,17H,5-7H2,1-4H3,(H,21,22). The molecule has 1 saturated heterocycles. The molecule has 2 unspecified atom stereocenters. The molecule has 1 aliphatic heterocycles. The third-order valence-corrected chi connectivity index (χ3v) is 4.54. The van der Waals surface area contributed by atoms with Gasteiger partial charge in [0.15, 0.2) is 5.78 Å². The van der Waals surface area contributed by atoms with Gasteiger partial charge in [-0.1, -0.05) is 6.92 Å². The van der Waals surface area contributed by atoms with Crippen molar-refractivity contribution >= 4 is 17.7 Å². The van der Waals surface area contributed by atoms with E-state index in [1.807, 2.05) is 6.92 Å². The van der Waals surface area contributed by atoms with E-state index in [2.05, 4.69) is 4.98 Å². The lowest BCUT2D eigenvalue weighted by molar-refractivity contribution is -0.142. The molecule has 1 aromatic heterocycles. The van der Waals surface area contributed by atoms with Crippen LogP contribution in [0, 0.1) is 12.8 Å². The van der Waals surface area contributed by atoms with Crippen LogP contribution in [0.25, 0.3) is 0 Å². The minimum Gasteiger partial charge on any atom is -0.481 e. The lowest BCUT2D eigenvalue weighted by Crippen LogP contribution is -2.38. The molecule has 0 aliphatic carbocycles. The molecule has 1 aliphatic rings. The predicted molar refractivity (Wildman–Crippen MR) is 81.2 cm³/mol. The van der Waals surface area contributed by atoms with Crippen molar-refractivity contribution in [3.63, 3.8) is 0 Å². The Kier molecular flexibility index (Phi) is 4.39. The molecule has 2 atom stereocenters. The van der Waals surface area contributed by atoms with Crippen LogP contribution in [0.4, 0.5) is 0 Å². The number of likely N-dealkylation sites (tertiary alicyclic amines) is 1. The summed E-state index contributed by atoms with van der Waals surface area (Å²) in [5, 5.41) is 9.19. The van der Waals surface area contributed by atoms with Crippen LogP contribution in [0.15, 0.2) is 0 Å². The Morgan fingerprint density at radius 3 is 2.45 bits per heavy atom. The Morgan fingerprint density at radius 1 is 1.36 bits per heavy atom. The number of aliphatic carboxylic acids is 1. The van der Waals surface area contributed by atoms with Gasteiger partial charge in [-0.05, 0) is 39.2 Å². The van der Waals surface area contributed by atoms with Crippen LogP contribution in [-0.2, 0) is 11.2 Å². The lowest BCUT2D eigenvalue weighted by atomic mass is 10.0. The van der Waals surface area contributed by atoms with Crippen molar-refractivity contribution in [3.8, 4) is 0 Å². The number of nitrogens with zero attached hydrogens (tertiary/aromatic N) is 1. The highest BCUT2D eigenvalue weighted by Crippen LogP contribution is 2.28. The Hall–Kier alpha value is -2.11. The second-order valence-electron chi connectivity index (χ2n) is 5.86. The van der Waals surface area contributed by atoms with Crippen LogP contribution >= 0.6 is 0 Å². The van der Waals surface area contributed by atoms with Crippen molar-refractivity contribution in [2.75, 3.05) is 6.54 Å². The Bertz CT molecular complexity index is 632. The maximum Gasteiger partial charge on any atom is 0.308 e. The molecular weight excluding hydrogens is 284 g/mol. The van der Waals surface area contributed by atoms with Crippen LogP contribution in [0.3, 0.4) is 0 Å². The van der Waals surface area contributed by atoms with E-state index >= 15 is 0 Å². The van der Waals surface area contributed by atoms with E-state index in [1.165, 1.54) is 6.92 Å². The quantitative estimate of drug-likeness (QED) is 0.833. The van der Waals surface area contributed by atoms with Gasteiger partial charge in [-0.15, -0.1) is 0 Å². The number of hydrogen-bond donors (Lipinski definition) is 2. The number of nitrogens with one attached hydrogen (secondary N) is 1. The number of Topliss-reactive ketones (excluding diaryl/α,β-unsaturated/α-hetero) is 1. The summed E-state index contributed by atoms with van der Waals surface area (Å²) in [6, 6.07) is -0.348. The largest absolute Gasteiger partial charge is 0.481 e. The van der Waals surface area contributed by atoms with E-state index in [1.54, 1.807) is 18.7 Å². The molecule has 0 spiro atoms. The number of rotatable bonds is 4. The van der Waals surface area contributed by atoms with Gasteiger partial charge < -0.3 is 15.0 Å². The fourth-order valence-corrected chi connectivity index (χ4v) is 3.39. The molecule has 0 saturated carbocycles. The summed E-state index contributed by atoms with van der Waals surface area (Å²) in [7, 11) is 0. The van der Waals surface area contributed by atoms with Crippen molar-refractivity contribution in [3.05, 3.63) is 22.5 Å². The Balaban J connectivity index is 2.37. The molecule has 1 fully saturated rings. The molecule has 1 amide bonds. The van der Waals surface area contributed by atoms with Crippen LogP contribution < -0.4 is 0 Å². The zero-order valence-corrected chi connectivity index (χ0v) is 13.4. The van der Waals surface area contributed by atoms with Crippen molar-refractivity contribution in [1.82, 2.24) is 9.88 Å². The predicted octanol–water partition coefficient (Wildman–Crippen LogP) is 2.02. The number of amides is 1. The topological polar surface area (TPSA) is 90.5 Å². The molecule has 2 heterocycles. The summed E-state index contributed by atoms with van der Waals surface area (Å²) in [6.07, 6.45) is 1.04. The molecule has 6 heteroatoms. The van der Waals surface area contributed by atoms with Crippen LogP contribution in [0.5, 0.6) is 0 Å². The highest BCUT2D eigenvalue weighted by atomic mass is 16.4. The van der Waals surface area contributed by atoms with Crippen LogP contribution in [-0.4, -0.2) is 45.2 Å². The Labute approximate surface area is 129 Å². The first-order valence-electron chi connectivity index (χ1n) is 7.55. The van der Waals surface area contributed by atoms with Crippen molar-refractivity contribution in [1.29, 1.82) is 0 Å². The Morgan fingerprint density at radius 2 is 2.00 bits per heavy atom. The number of aryl methyl sites for hydroxylation is 1. The number of aromatic nitrogens is 1. The highest BCUT2D eigenvalue weighted by Gasteiger charge is 2.39. The zero-order chi connectivity index (χ0) is 16.6. The van der Waals surface area contributed by atoms with Crippen LogP contribution in [0.1, 0.15) is 59.3 Å². The first kappa shape index (κ1) is 16.3. The zero-order valence-electron chi connectivity index (χ0n) is 13.4. The number of ketones is 1. The maximum atomic E-state index is 12.8. The van der Waals surface area contributed by atoms with Crippen molar-refractivity contribution < 1.29 is 19.5 Å². The fraction of sp³-hybridized carbons (Fsp3) is 0.562. The molecule has 2 N–H and O–H groups in total. The maximum absolute atomic E-state index is 12.8. The number of carbonyl (C=O) groups excluding carboxylic acids is 2. The van der Waals surface area contributed by atoms with Crippen molar-refractivity contribution in [2.45, 2.75) is 46.6 Å². The van der Waals surface area contributed by atoms with Crippen LogP contribution in [0.2, 0.25) is 0 Å². The number of aromatic amines is 1. The van der Waals surface area contributed by atoms with Gasteiger partial charge in [-0.2, -0.15) is 0 Å². The van der Waals surface area contributed by atoms with Gasteiger partial charge in [-0.25, -0.2) is 0 Å².